The minimum Gasteiger partial charge on any atom is -0.379 e. The molecule has 2 aliphatic rings. The molecule has 0 saturated carbocycles. The lowest BCUT2D eigenvalue weighted by molar-refractivity contribution is -0.134. The largest absolute Gasteiger partial charge is 0.379 e. The molecule has 2 rings (SSSR count). The molecule has 2 heterocycles. The van der Waals surface area contributed by atoms with Crippen LogP contribution in [-0.2, 0) is 14.3 Å². The van der Waals surface area contributed by atoms with Crippen molar-refractivity contribution in [1.82, 2.24) is 15.5 Å². The molecule has 0 aromatic heterocycles. The van der Waals surface area contributed by atoms with Gasteiger partial charge in [-0.2, -0.15) is 0 Å². The first-order valence-corrected chi connectivity index (χ1v) is 10.2. The van der Waals surface area contributed by atoms with Crippen molar-refractivity contribution in [3.8, 4) is 0 Å². The molecule has 8 heteroatoms. The highest BCUT2D eigenvalue weighted by molar-refractivity contribution is 14.0. The molecule has 2 aliphatic heterocycles. The Balaban J connectivity index is 0.00000364. The molecular weight excluding hydrogens is 459 g/mol. The monoisotopic (exact) mass is 496 g/mol. The SMILES string of the molecule is CCNC(=NCCCOC1CCOC1)NCCC(=O)N1CCCCC1C.I. The normalized spacial score (nSPS) is 23.0. The molecule has 2 unspecified atom stereocenters. The molecule has 0 aromatic carbocycles. The Morgan fingerprint density at radius 2 is 2.15 bits per heavy atom. The van der Waals surface area contributed by atoms with E-state index in [2.05, 4.69) is 22.5 Å². The molecule has 2 N–H and O–H groups in total. The summed E-state index contributed by atoms with van der Waals surface area (Å²) < 4.78 is 11.0. The number of nitrogens with zero attached hydrogens (tertiary/aromatic N) is 2. The Hall–Kier alpha value is -0.610. The highest BCUT2D eigenvalue weighted by Crippen LogP contribution is 2.16. The van der Waals surface area contributed by atoms with Crippen LogP contribution in [0.4, 0.5) is 0 Å². The molecule has 27 heavy (non-hydrogen) atoms. The summed E-state index contributed by atoms with van der Waals surface area (Å²) in [5, 5.41) is 6.50. The Kier molecular flexibility index (Phi) is 13.0. The van der Waals surface area contributed by atoms with Crippen LogP contribution >= 0.6 is 24.0 Å². The summed E-state index contributed by atoms with van der Waals surface area (Å²) in [5.74, 6) is 1.02. The van der Waals surface area contributed by atoms with E-state index in [9.17, 15) is 4.79 Å². The smallest absolute Gasteiger partial charge is 0.224 e. The minimum atomic E-state index is 0. The van der Waals surface area contributed by atoms with Crippen molar-refractivity contribution in [3.05, 3.63) is 0 Å². The summed E-state index contributed by atoms with van der Waals surface area (Å²) in [6, 6.07) is 0.378. The van der Waals surface area contributed by atoms with Gasteiger partial charge in [0.25, 0.3) is 0 Å². The maximum atomic E-state index is 12.4. The lowest BCUT2D eigenvalue weighted by Crippen LogP contribution is -2.44. The van der Waals surface area contributed by atoms with Crippen LogP contribution in [0.3, 0.4) is 0 Å². The van der Waals surface area contributed by atoms with Crippen LogP contribution < -0.4 is 10.6 Å². The summed E-state index contributed by atoms with van der Waals surface area (Å²) in [6.45, 7) is 9.46. The summed E-state index contributed by atoms with van der Waals surface area (Å²) in [6.07, 6.45) is 6.14. The number of aliphatic imine (C=N–C) groups is 1. The van der Waals surface area contributed by atoms with Crippen LogP contribution in [-0.4, -0.2) is 74.9 Å². The number of carbonyl (C=O) groups is 1. The minimum absolute atomic E-state index is 0. The summed E-state index contributed by atoms with van der Waals surface area (Å²) >= 11 is 0. The maximum absolute atomic E-state index is 12.4. The van der Waals surface area contributed by atoms with E-state index in [1.165, 1.54) is 6.42 Å². The fourth-order valence-corrected chi connectivity index (χ4v) is 3.39. The number of piperidine rings is 1. The van der Waals surface area contributed by atoms with E-state index >= 15 is 0 Å². The molecule has 158 valence electrons. The standard InChI is InChI=1S/C19H36N4O3.HI/c1-3-20-19(21-10-6-13-26-17-9-14-25-15-17)22-11-8-18(24)23-12-5-4-7-16(23)2;/h16-17H,3-15H2,1-2H3,(H2,20,21,22);1H. The highest BCUT2D eigenvalue weighted by atomic mass is 127. The molecule has 0 spiro atoms. The van der Waals surface area contributed by atoms with Gasteiger partial charge in [0.05, 0.1) is 12.7 Å². The van der Waals surface area contributed by atoms with Crippen LogP contribution in [0.1, 0.15) is 52.4 Å². The third-order valence-corrected chi connectivity index (χ3v) is 4.91. The van der Waals surface area contributed by atoms with Crippen LogP contribution in [0.2, 0.25) is 0 Å². The van der Waals surface area contributed by atoms with Crippen molar-refractivity contribution < 1.29 is 14.3 Å². The van der Waals surface area contributed by atoms with Crippen LogP contribution in [0.25, 0.3) is 0 Å². The van der Waals surface area contributed by atoms with Crippen molar-refractivity contribution in [3.63, 3.8) is 0 Å². The number of likely N-dealkylation sites (tertiary alicyclic amines) is 1. The zero-order valence-electron chi connectivity index (χ0n) is 16.9. The molecule has 7 nitrogen and oxygen atoms in total. The highest BCUT2D eigenvalue weighted by Gasteiger charge is 2.22. The first kappa shape index (κ1) is 24.4. The predicted octanol–water partition coefficient (Wildman–Crippen LogP) is 2.15. The molecule has 0 bridgehead atoms. The van der Waals surface area contributed by atoms with Gasteiger partial charge < -0.3 is 25.0 Å². The number of halogens is 1. The number of hydrogen-bond acceptors (Lipinski definition) is 4. The third-order valence-electron chi connectivity index (χ3n) is 4.91. The van der Waals surface area contributed by atoms with E-state index in [1.54, 1.807) is 0 Å². The van der Waals surface area contributed by atoms with Gasteiger partial charge in [0.1, 0.15) is 0 Å². The Morgan fingerprint density at radius 1 is 1.30 bits per heavy atom. The van der Waals surface area contributed by atoms with E-state index in [4.69, 9.17) is 9.47 Å². The van der Waals surface area contributed by atoms with Gasteiger partial charge in [0.2, 0.25) is 5.91 Å². The Morgan fingerprint density at radius 3 is 2.85 bits per heavy atom. The molecule has 2 atom stereocenters. The van der Waals surface area contributed by atoms with Crippen molar-refractivity contribution in [2.45, 2.75) is 64.5 Å². The van der Waals surface area contributed by atoms with Crippen molar-refractivity contribution in [2.75, 3.05) is 46.0 Å². The van der Waals surface area contributed by atoms with Gasteiger partial charge in [-0.05, 0) is 46.0 Å². The number of hydrogen-bond donors (Lipinski definition) is 2. The third kappa shape index (κ3) is 9.43. The van der Waals surface area contributed by atoms with E-state index in [-0.39, 0.29) is 36.0 Å². The molecule has 0 radical (unpaired) electrons. The number of rotatable bonds is 9. The van der Waals surface area contributed by atoms with Gasteiger partial charge in [-0.15, -0.1) is 24.0 Å². The van der Waals surface area contributed by atoms with E-state index in [0.717, 1.165) is 57.9 Å². The second-order valence-electron chi connectivity index (χ2n) is 7.08. The average Bonchev–Trinajstić information content (AvgIpc) is 3.15. The first-order chi connectivity index (χ1) is 12.7. The van der Waals surface area contributed by atoms with Gasteiger partial charge in [0.15, 0.2) is 5.96 Å². The molecule has 2 fully saturated rings. The lowest BCUT2D eigenvalue weighted by Gasteiger charge is -2.33. The Labute approximate surface area is 181 Å². The molecule has 1 amide bonds. The summed E-state index contributed by atoms with van der Waals surface area (Å²) in [5.41, 5.74) is 0. The van der Waals surface area contributed by atoms with Gasteiger partial charge in [-0.25, -0.2) is 0 Å². The zero-order chi connectivity index (χ0) is 18.6. The first-order valence-electron chi connectivity index (χ1n) is 10.2. The van der Waals surface area contributed by atoms with E-state index in [1.807, 2.05) is 11.8 Å². The topological polar surface area (TPSA) is 75.2 Å². The maximum Gasteiger partial charge on any atom is 0.224 e. The number of ether oxygens (including phenoxy) is 2. The van der Waals surface area contributed by atoms with Crippen molar-refractivity contribution in [1.29, 1.82) is 0 Å². The molecule has 0 aliphatic carbocycles. The fraction of sp³-hybridized carbons (Fsp3) is 0.895. The average molecular weight is 496 g/mol. The second kappa shape index (κ2) is 14.4. The zero-order valence-corrected chi connectivity index (χ0v) is 19.2. The molecule has 0 aromatic rings. The van der Waals surface area contributed by atoms with Crippen LogP contribution in [0.5, 0.6) is 0 Å². The fourth-order valence-electron chi connectivity index (χ4n) is 3.39. The van der Waals surface area contributed by atoms with E-state index in [0.29, 0.717) is 32.2 Å². The van der Waals surface area contributed by atoms with Gasteiger partial charge >= 0.3 is 0 Å². The number of amides is 1. The van der Waals surface area contributed by atoms with Gasteiger partial charge in [-0.3, -0.25) is 9.79 Å². The second-order valence-corrected chi connectivity index (χ2v) is 7.08. The number of nitrogens with one attached hydrogen (secondary N) is 2. The quantitative estimate of drug-likeness (QED) is 0.222. The summed E-state index contributed by atoms with van der Waals surface area (Å²) in [4.78, 5) is 19.0. The predicted molar refractivity (Wildman–Crippen MR) is 119 cm³/mol. The lowest BCUT2D eigenvalue weighted by atomic mass is 10.0. The van der Waals surface area contributed by atoms with Crippen LogP contribution in [0.15, 0.2) is 4.99 Å². The number of guanidine groups is 1. The summed E-state index contributed by atoms with van der Waals surface area (Å²) in [7, 11) is 0. The van der Waals surface area contributed by atoms with Gasteiger partial charge in [-0.1, -0.05) is 0 Å². The van der Waals surface area contributed by atoms with Gasteiger partial charge in [0, 0.05) is 51.9 Å². The van der Waals surface area contributed by atoms with Crippen molar-refractivity contribution >= 4 is 35.8 Å². The van der Waals surface area contributed by atoms with Crippen molar-refractivity contribution in [2.24, 2.45) is 4.99 Å². The number of carbonyl (C=O) groups excluding carboxylic acids is 1. The molecule has 2 saturated heterocycles. The van der Waals surface area contributed by atoms with E-state index < -0.39 is 0 Å². The molecular formula is C19H37IN4O3. The Bertz CT molecular complexity index is 445. The van der Waals surface area contributed by atoms with Crippen LogP contribution in [0, 0.1) is 0 Å².